The van der Waals surface area contributed by atoms with Crippen LogP contribution in [0.1, 0.15) is 427 Å². The monoisotopic (exact) mass is 1480 g/mol. The van der Waals surface area contributed by atoms with E-state index in [4.69, 9.17) is 37.0 Å². The van der Waals surface area contributed by atoms with Crippen molar-refractivity contribution in [3.63, 3.8) is 0 Å². The lowest BCUT2D eigenvalue weighted by Crippen LogP contribution is -2.30. The first-order valence-electron chi connectivity index (χ1n) is 42.3. The maximum Gasteiger partial charge on any atom is 0.472 e. The first kappa shape index (κ1) is 99.1. The number of rotatable bonds is 80. The van der Waals surface area contributed by atoms with E-state index in [0.29, 0.717) is 25.7 Å². The summed E-state index contributed by atoms with van der Waals surface area (Å²) in [6, 6.07) is 0. The fourth-order valence-corrected chi connectivity index (χ4v) is 14.2. The molecule has 0 fully saturated rings. The number of esters is 4. The Morgan fingerprint density at radius 1 is 0.267 bits per heavy atom. The predicted molar refractivity (Wildman–Crippen MR) is 414 cm³/mol. The number of aliphatic hydroxyl groups is 1. The Labute approximate surface area is 619 Å². The molecule has 3 N–H and O–H groups in total. The van der Waals surface area contributed by atoms with Gasteiger partial charge in [0.15, 0.2) is 12.2 Å². The van der Waals surface area contributed by atoms with Gasteiger partial charge in [-0.15, -0.1) is 0 Å². The molecule has 0 aliphatic heterocycles. The molecule has 19 heteroatoms. The van der Waals surface area contributed by atoms with Crippen molar-refractivity contribution in [3.05, 3.63) is 0 Å². The van der Waals surface area contributed by atoms with Crippen molar-refractivity contribution in [3.8, 4) is 0 Å². The highest BCUT2D eigenvalue weighted by atomic mass is 31.2. The number of carbonyl (C=O) groups is 4. The number of phosphoric acid groups is 2. The van der Waals surface area contributed by atoms with Gasteiger partial charge in [-0.1, -0.05) is 376 Å². The Kier molecular flexibility index (Phi) is 70.9. The van der Waals surface area contributed by atoms with Crippen LogP contribution in [0, 0.1) is 17.8 Å². The quantitative estimate of drug-likeness (QED) is 0.0222. The highest BCUT2D eigenvalue weighted by molar-refractivity contribution is 7.47. The molecule has 5 atom stereocenters. The number of hydrogen-bond acceptors (Lipinski definition) is 15. The van der Waals surface area contributed by atoms with Gasteiger partial charge in [0.1, 0.15) is 19.3 Å². The largest absolute Gasteiger partial charge is 0.472 e. The molecule has 0 aliphatic carbocycles. The van der Waals surface area contributed by atoms with Crippen molar-refractivity contribution < 1.29 is 80.2 Å². The van der Waals surface area contributed by atoms with Crippen LogP contribution >= 0.6 is 15.6 Å². The van der Waals surface area contributed by atoms with Crippen LogP contribution in [0.2, 0.25) is 0 Å². The summed E-state index contributed by atoms with van der Waals surface area (Å²) in [5.74, 6) is 0.239. The van der Waals surface area contributed by atoms with Crippen molar-refractivity contribution in [2.75, 3.05) is 39.6 Å². The number of hydrogen-bond donors (Lipinski definition) is 3. The summed E-state index contributed by atoms with van der Waals surface area (Å²) < 4.78 is 68.7. The molecule has 17 nitrogen and oxygen atoms in total. The molecule has 600 valence electrons. The maximum absolute atomic E-state index is 13.1. The smallest absolute Gasteiger partial charge is 0.462 e. The third-order valence-electron chi connectivity index (χ3n) is 19.1. The highest BCUT2D eigenvalue weighted by Gasteiger charge is 2.30. The minimum Gasteiger partial charge on any atom is -0.462 e. The zero-order chi connectivity index (χ0) is 74.4. The van der Waals surface area contributed by atoms with Gasteiger partial charge in [0.25, 0.3) is 0 Å². The van der Waals surface area contributed by atoms with E-state index < -0.39 is 97.5 Å². The molecule has 0 rings (SSSR count). The van der Waals surface area contributed by atoms with E-state index >= 15 is 0 Å². The van der Waals surface area contributed by atoms with E-state index in [-0.39, 0.29) is 25.7 Å². The second-order valence-electron chi connectivity index (χ2n) is 30.9. The van der Waals surface area contributed by atoms with Crippen molar-refractivity contribution in [1.29, 1.82) is 0 Å². The Morgan fingerprint density at radius 3 is 0.673 bits per heavy atom. The first-order chi connectivity index (χ1) is 48.7. The third-order valence-corrected chi connectivity index (χ3v) is 21.0. The van der Waals surface area contributed by atoms with E-state index in [1.165, 1.54) is 238 Å². The minimum atomic E-state index is -4.96. The normalized spacial score (nSPS) is 14.0. The van der Waals surface area contributed by atoms with Gasteiger partial charge < -0.3 is 33.8 Å². The lowest BCUT2D eigenvalue weighted by molar-refractivity contribution is -0.161. The van der Waals surface area contributed by atoms with Gasteiger partial charge in [0, 0.05) is 25.7 Å². The predicted octanol–water partition coefficient (Wildman–Crippen LogP) is 24.5. The van der Waals surface area contributed by atoms with Gasteiger partial charge in [-0.25, -0.2) is 9.13 Å². The fraction of sp³-hybridized carbons (Fsp3) is 0.951. The summed E-state index contributed by atoms with van der Waals surface area (Å²) >= 11 is 0. The van der Waals surface area contributed by atoms with Gasteiger partial charge >= 0.3 is 39.5 Å². The molecule has 0 aromatic rings. The topological polar surface area (TPSA) is 237 Å². The maximum atomic E-state index is 13.1. The first-order valence-corrected chi connectivity index (χ1v) is 45.3. The molecule has 0 amide bonds. The fourth-order valence-electron chi connectivity index (χ4n) is 12.7. The second-order valence-corrected chi connectivity index (χ2v) is 33.8. The molecule has 0 heterocycles. The van der Waals surface area contributed by atoms with E-state index in [2.05, 4.69) is 48.5 Å². The summed E-state index contributed by atoms with van der Waals surface area (Å²) in [5, 5.41) is 10.6. The van der Waals surface area contributed by atoms with Crippen LogP contribution in [-0.2, 0) is 65.4 Å². The number of aliphatic hydroxyl groups excluding tert-OH is 1. The average Bonchev–Trinajstić information content (AvgIpc) is 0.920. The van der Waals surface area contributed by atoms with E-state index in [0.717, 1.165) is 108 Å². The van der Waals surface area contributed by atoms with Crippen molar-refractivity contribution in [2.24, 2.45) is 17.8 Å². The molecule has 0 bridgehead atoms. The molecule has 0 saturated heterocycles. The zero-order valence-corrected chi connectivity index (χ0v) is 68.2. The van der Waals surface area contributed by atoms with Crippen LogP contribution < -0.4 is 0 Å². The molecule has 0 spiro atoms. The summed E-state index contributed by atoms with van der Waals surface area (Å²) in [4.78, 5) is 73.0. The van der Waals surface area contributed by atoms with Crippen LogP contribution in [0.15, 0.2) is 0 Å². The Hall–Kier alpha value is -1.94. The molecular formula is C82H160O17P2. The van der Waals surface area contributed by atoms with Crippen LogP contribution in [-0.4, -0.2) is 96.7 Å². The molecule has 0 aliphatic rings. The number of phosphoric ester groups is 2. The number of ether oxygens (including phenoxy) is 4. The summed E-state index contributed by atoms with van der Waals surface area (Å²) in [7, 11) is -9.92. The minimum absolute atomic E-state index is 0.107. The standard InChI is InChI=1S/C82H160O17P2/c1-8-9-10-11-12-13-14-29-35-44-51-58-65-81(86)99-78(70-93-80(85)64-57-50-43-38-37-41-48-55-62-75(6)7)72-97-101(90,91)95-68-76(83)67-94-100(88,89)96-71-77(98-82(87)66-59-52-45-36-31-26-22-18-16-20-24-28-33-40-47-54-61-74(4)5)69-92-79(84)63-56-49-42-34-30-25-21-17-15-19-23-27-32-39-46-53-60-73(2)3/h73-78,83H,8-72H2,1-7H3,(H,88,89)(H,90,91)/t76-,77-,78-/m1/s1. The molecule has 0 aromatic carbocycles. The molecular weight excluding hydrogens is 1320 g/mol. The van der Waals surface area contributed by atoms with Gasteiger partial charge in [0.2, 0.25) is 0 Å². The van der Waals surface area contributed by atoms with Crippen molar-refractivity contribution in [1.82, 2.24) is 0 Å². The van der Waals surface area contributed by atoms with Gasteiger partial charge in [-0.3, -0.25) is 37.3 Å². The van der Waals surface area contributed by atoms with Gasteiger partial charge in [-0.05, 0) is 43.4 Å². The van der Waals surface area contributed by atoms with Gasteiger partial charge in [-0.2, -0.15) is 0 Å². The Balaban J connectivity index is 5.23. The summed E-state index contributed by atoms with van der Waals surface area (Å²) in [5.41, 5.74) is 0. The van der Waals surface area contributed by atoms with Crippen LogP contribution in [0.3, 0.4) is 0 Å². The SMILES string of the molecule is CCCCCCCCCCCCCCC(=O)O[C@H](COC(=O)CCCCCCCCCCC(C)C)COP(=O)(O)OC[C@H](O)COP(=O)(O)OC[C@@H](COC(=O)CCCCCCCCCCCCCCCCCCC(C)C)OC(=O)CCCCCCCCCCCCCCCCCCC(C)C. The average molecular weight is 1480 g/mol. The van der Waals surface area contributed by atoms with Crippen LogP contribution in [0.25, 0.3) is 0 Å². The number of unbranched alkanes of at least 4 members (excludes halogenated alkanes) is 48. The summed E-state index contributed by atoms with van der Waals surface area (Å²) in [6.45, 7) is 12.0. The second kappa shape index (κ2) is 72.3. The molecule has 0 saturated carbocycles. The molecule has 0 radical (unpaired) electrons. The molecule has 101 heavy (non-hydrogen) atoms. The number of carbonyl (C=O) groups excluding carboxylic acids is 4. The van der Waals surface area contributed by atoms with E-state index in [1.807, 2.05) is 0 Å². The lowest BCUT2D eigenvalue weighted by Gasteiger charge is -2.21. The van der Waals surface area contributed by atoms with E-state index in [9.17, 15) is 43.2 Å². The Bertz CT molecular complexity index is 1960. The third kappa shape index (κ3) is 76.1. The van der Waals surface area contributed by atoms with E-state index in [1.54, 1.807) is 0 Å². The highest BCUT2D eigenvalue weighted by Crippen LogP contribution is 2.45. The zero-order valence-electron chi connectivity index (χ0n) is 66.4. The Morgan fingerprint density at radius 2 is 0.455 bits per heavy atom. The molecule has 2 unspecified atom stereocenters. The van der Waals surface area contributed by atoms with Gasteiger partial charge in [0.05, 0.1) is 26.4 Å². The molecule has 0 aromatic heterocycles. The van der Waals surface area contributed by atoms with Crippen LogP contribution in [0.4, 0.5) is 0 Å². The van der Waals surface area contributed by atoms with Crippen LogP contribution in [0.5, 0.6) is 0 Å². The van der Waals surface area contributed by atoms with Crippen molar-refractivity contribution in [2.45, 2.75) is 446 Å². The lowest BCUT2D eigenvalue weighted by atomic mass is 10.0. The summed E-state index contributed by atoms with van der Waals surface area (Å²) in [6.07, 6.45) is 61.1. The van der Waals surface area contributed by atoms with Crippen molar-refractivity contribution >= 4 is 39.5 Å².